The quantitative estimate of drug-likeness (QED) is 0.303. The summed E-state index contributed by atoms with van der Waals surface area (Å²) in [6.45, 7) is 4.57. The molecule has 3 N–H and O–H groups in total. The Bertz CT molecular complexity index is 1130. The summed E-state index contributed by atoms with van der Waals surface area (Å²) in [5.74, 6) is 0.00334. The lowest BCUT2D eigenvalue weighted by atomic mass is 10.1. The second kappa shape index (κ2) is 11.8. The van der Waals surface area contributed by atoms with Crippen LogP contribution in [0.4, 0.5) is 11.4 Å². The first-order valence-corrected chi connectivity index (χ1v) is 11.2. The number of carbonyl (C=O) groups excluding carboxylic acids is 2. The number of aryl methyl sites for hydroxylation is 1. The van der Waals surface area contributed by atoms with Crippen LogP contribution < -0.4 is 20.7 Å². The van der Waals surface area contributed by atoms with Crippen LogP contribution in [0.25, 0.3) is 0 Å². The topological polar surface area (TPSA) is 79.5 Å². The van der Waals surface area contributed by atoms with E-state index in [0.29, 0.717) is 34.9 Å². The van der Waals surface area contributed by atoms with Crippen LogP contribution in [0.1, 0.15) is 46.0 Å². The van der Waals surface area contributed by atoms with E-state index in [1.165, 1.54) is 0 Å². The van der Waals surface area contributed by atoms with Crippen molar-refractivity contribution in [1.82, 2.24) is 5.32 Å². The number of anilines is 2. The summed E-state index contributed by atoms with van der Waals surface area (Å²) in [5.41, 5.74) is 3.38. The van der Waals surface area contributed by atoms with Crippen LogP contribution in [-0.4, -0.2) is 23.5 Å². The van der Waals surface area contributed by atoms with Gasteiger partial charge in [-0.3, -0.25) is 14.9 Å². The first-order valence-electron chi connectivity index (χ1n) is 10.8. The molecule has 0 atom stereocenters. The van der Waals surface area contributed by atoms with Crippen LogP contribution in [0.15, 0.2) is 72.8 Å². The molecular formula is C26H27N3O3S. The molecule has 0 saturated heterocycles. The van der Waals surface area contributed by atoms with E-state index in [1.54, 1.807) is 48.5 Å². The molecular weight excluding hydrogens is 434 g/mol. The Labute approximate surface area is 199 Å². The van der Waals surface area contributed by atoms with Crippen molar-refractivity contribution in [2.45, 2.75) is 26.7 Å². The highest BCUT2D eigenvalue weighted by atomic mass is 32.1. The van der Waals surface area contributed by atoms with E-state index >= 15 is 0 Å². The second-order valence-electron chi connectivity index (χ2n) is 7.51. The Morgan fingerprint density at radius 1 is 0.879 bits per heavy atom. The zero-order chi connectivity index (χ0) is 23.6. The third-order valence-corrected chi connectivity index (χ3v) is 5.00. The molecule has 0 aliphatic rings. The SMILES string of the molecule is CCCCOc1ccccc1C(=O)NC(=S)Nc1ccc(NC(=O)c2cccc(C)c2)cc1. The molecule has 7 heteroatoms. The van der Waals surface area contributed by atoms with Crippen molar-refractivity contribution >= 4 is 40.5 Å². The minimum absolute atomic E-state index is 0.167. The van der Waals surface area contributed by atoms with Crippen molar-refractivity contribution in [3.63, 3.8) is 0 Å². The van der Waals surface area contributed by atoms with Crippen LogP contribution in [-0.2, 0) is 0 Å². The second-order valence-corrected chi connectivity index (χ2v) is 7.92. The number of thiocarbonyl (C=S) groups is 1. The van der Waals surface area contributed by atoms with Gasteiger partial charge in [0.05, 0.1) is 12.2 Å². The average molecular weight is 462 g/mol. The third-order valence-electron chi connectivity index (χ3n) is 4.80. The van der Waals surface area contributed by atoms with E-state index in [0.717, 1.165) is 18.4 Å². The first-order chi connectivity index (χ1) is 16.0. The van der Waals surface area contributed by atoms with Crippen molar-refractivity contribution in [3.05, 3.63) is 89.5 Å². The van der Waals surface area contributed by atoms with Gasteiger partial charge in [0, 0.05) is 16.9 Å². The molecule has 0 aromatic heterocycles. The number of carbonyl (C=O) groups is 2. The van der Waals surface area contributed by atoms with Gasteiger partial charge in [0.25, 0.3) is 11.8 Å². The third kappa shape index (κ3) is 7.15. The van der Waals surface area contributed by atoms with E-state index in [2.05, 4.69) is 22.9 Å². The summed E-state index contributed by atoms with van der Waals surface area (Å²) >= 11 is 5.29. The highest BCUT2D eigenvalue weighted by molar-refractivity contribution is 7.80. The van der Waals surface area contributed by atoms with Gasteiger partial charge in [-0.05, 0) is 74.1 Å². The fourth-order valence-corrected chi connectivity index (χ4v) is 3.28. The molecule has 0 bridgehead atoms. The van der Waals surface area contributed by atoms with Gasteiger partial charge < -0.3 is 15.4 Å². The molecule has 0 heterocycles. The van der Waals surface area contributed by atoms with E-state index in [9.17, 15) is 9.59 Å². The van der Waals surface area contributed by atoms with Crippen molar-refractivity contribution in [2.75, 3.05) is 17.2 Å². The number of hydrogen-bond donors (Lipinski definition) is 3. The molecule has 3 aromatic rings. The first kappa shape index (κ1) is 23.9. The van der Waals surface area contributed by atoms with Crippen molar-refractivity contribution < 1.29 is 14.3 Å². The van der Waals surface area contributed by atoms with Gasteiger partial charge in [-0.25, -0.2) is 0 Å². The fourth-order valence-electron chi connectivity index (χ4n) is 3.07. The average Bonchev–Trinajstić information content (AvgIpc) is 2.80. The molecule has 0 radical (unpaired) electrons. The van der Waals surface area contributed by atoms with Gasteiger partial charge in [-0.1, -0.05) is 43.2 Å². The number of para-hydroxylation sites is 1. The van der Waals surface area contributed by atoms with Gasteiger partial charge >= 0.3 is 0 Å². The molecule has 0 aliphatic heterocycles. The summed E-state index contributed by atoms with van der Waals surface area (Å²) in [6, 6.07) is 21.5. The van der Waals surface area contributed by atoms with E-state index < -0.39 is 0 Å². The number of unbranched alkanes of at least 4 members (excludes halogenated alkanes) is 1. The molecule has 0 saturated carbocycles. The summed E-state index contributed by atoms with van der Waals surface area (Å²) in [5, 5.41) is 8.69. The van der Waals surface area contributed by atoms with Crippen molar-refractivity contribution in [1.29, 1.82) is 0 Å². The Hall–Kier alpha value is -3.71. The summed E-state index contributed by atoms with van der Waals surface area (Å²) in [6.07, 6.45) is 1.92. The maximum Gasteiger partial charge on any atom is 0.261 e. The number of hydrogen-bond acceptors (Lipinski definition) is 4. The molecule has 2 amide bonds. The molecule has 3 aromatic carbocycles. The Morgan fingerprint density at radius 2 is 1.58 bits per heavy atom. The molecule has 0 aliphatic carbocycles. The van der Waals surface area contributed by atoms with Gasteiger partial charge in [-0.15, -0.1) is 0 Å². The lowest BCUT2D eigenvalue weighted by Gasteiger charge is -2.13. The maximum absolute atomic E-state index is 12.7. The molecule has 33 heavy (non-hydrogen) atoms. The largest absolute Gasteiger partial charge is 0.493 e. The maximum atomic E-state index is 12.7. The van der Waals surface area contributed by atoms with Gasteiger partial charge in [-0.2, -0.15) is 0 Å². The minimum Gasteiger partial charge on any atom is -0.493 e. The zero-order valence-corrected chi connectivity index (χ0v) is 19.5. The fraction of sp³-hybridized carbons (Fsp3) is 0.192. The smallest absolute Gasteiger partial charge is 0.261 e. The molecule has 6 nitrogen and oxygen atoms in total. The van der Waals surface area contributed by atoms with Gasteiger partial charge in [0.2, 0.25) is 0 Å². The number of ether oxygens (including phenoxy) is 1. The molecule has 0 unspecified atom stereocenters. The van der Waals surface area contributed by atoms with Crippen LogP contribution in [0.2, 0.25) is 0 Å². The predicted molar refractivity (Wildman–Crippen MR) is 136 cm³/mol. The molecule has 0 fully saturated rings. The lowest BCUT2D eigenvalue weighted by Crippen LogP contribution is -2.34. The minimum atomic E-state index is -0.346. The number of benzene rings is 3. The van der Waals surface area contributed by atoms with E-state index in [4.69, 9.17) is 17.0 Å². The lowest BCUT2D eigenvalue weighted by molar-refractivity contribution is 0.0972. The molecule has 170 valence electrons. The monoisotopic (exact) mass is 461 g/mol. The Morgan fingerprint density at radius 3 is 2.27 bits per heavy atom. The summed E-state index contributed by atoms with van der Waals surface area (Å²) in [4.78, 5) is 25.1. The highest BCUT2D eigenvalue weighted by Crippen LogP contribution is 2.19. The van der Waals surface area contributed by atoms with Crippen LogP contribution in [0, 0.1) is 6.92 Å². The predicted octanol–water partition coefficient (Wildman–Crippen LogP) is 5.55. The number of nitrogens with one attached hydrogen (secondary N) is 3. The Balaban J connectivity index is 1.55. The number of rotatable bonds is 8. The van der Waals surface area contributed by atoms with Crippen molar-refractivity contribution in [3.8, 4) is 5.75 Å². The van der Waals surface area contributed by atoms with Gasteiger partial charge in [0.15, 0.2) is 5.11 Å². The molecule has 0 spiro atoms. The zero-order valence-electron chi connectivity index (χ0n) is 18.7. The van der Waals surface area contributed by atoms with E-state index in [1.807, 2.05) is 31.2 Å². The molecule has 3 rings (SSSR count). The van der Waals surface area contributed by atoms with E-state index in [-0.39, 0.29) is 16.9 Å². The normalized spacial score (nSPS) is 10.2. The summed E-state index contributed by atoms with van der Waals surface area (Å²) < 4.78 is 5.72. The summed E-state index contributed by atoms with van der Waals surface area (Å²) in [7, 11) is 0. The highest BCUT2D eigenvalue weighted by Gasteiger charge is 2.14. The number of amides is 2. The van der Waals surface area contributed by atoms with Crippen LogP contribution in [0.5, 0.6) is 5.75 Å². The standard InChI is InChI=1S/C26H27N3O3S/c1-3-4-16-32-23-11-6-5-10-22(23)25(31)29-26(33)28-21-14-12-20(13-15-21)27-24(30)19-9-7-8-18(2)17-19/h5-15,17H,3-4,16H2,1-2H3,(H,27,30)(H2,28,29,31,33). The van der Waals surface area contributed by atoms with Gasteiger partial charge in [0.1, 0.15) is 5.75 Å². The van der Waals surface area contributed by atoms with Crippen molar-refractivity contribution in [2.24, 2.45) is 0 Å². The van der Waals surface area contributed by atoms with Crippen LogP contribution >= 0.6 is 12.2 Å². The van der Waals surface area contributed by atoms with Crippen LogP contribution in [0.3, 0.4) is 0 Å². The Kier molecular flexibility index (Phi) is 8.55.